The van der Waals surface area contributed by atoms with Crippen molar-refractivity contribution in [1.82, 2.24) is 4.98 Å². The maximum absolute atomic E-state index is 10.5. The van der Waals surface area contributed by atoms with Gasteiger partial charge in [0.1, 0.15) is 12.4 Å². The van der Waals surface area contributed by atoms with Crippen molar-refractivity contribution in [3.8, 4) is 5.75 Å². The molecule has 0 bridgehead atoms. The number of thiazole rings is 1. The molecule has 110 valence electrons. The molecule has 0 spiro atoms. The number of aromatic nitrogens is 1. The van der Waals surface area contributed by atoms with Gasteiger partial charge in [0, 0.05) is 11.5 Å². The average molecular weight is 433 g/mol. The maximum Gasteiger partial charge on any atom is 0.328 e. The lowest BCUT2D eigenvalue weighted by atomic mass is 10.2. The normalized spacial score (nSPS) is 11.0. The second-order valence-corrected chi connectivity index (χ2v) is 6.90. The van der Waals surface area contributed by atoms with E-state index in [4.69, 9.17) is 9.84 Å². The minimum Gasteiger partial charge on any atom is -0.485 e. The number of carboxylic acid groups (broad SMARTS) is 1. The SMILES string of the molecule is Cc1nc(COc2c(Br)cc(/C=C/C(=O)O)cc2Br)cs1. The zero-order valence-corrected chi connectivity index (χ0v) is 15.0. The molecule has 7 heteroatoms. The summed E-state index contributed by atoms with van der Waals surface area (Å²) < 4.78 is 7.25. The highest BCUT2D eigenvalue weighted by molar-refractivity contribution is 9.11. The van der Waals surface area contributed by atoms with Gasteiger partial charge in [0.25, 0.3) is 0 Å². The Labute approximate surface area is 142 Å². The predicted molar refractivity (Wildman–Crippen MR) is 89.7 cm³/mol. The summed E-state index contributed by atoms with van der Waals surface area (Å²) in [7, 11) is 0. The van der Waals surface area contributed by atoms with Gasteiger partial charge in [-0.2, -0.15) is 0 Å². The summed E-state index contributed by atoms with van der Waals surface area (Å²) >= 11 is 8.44. The summed E-state index contributed by atoms with van der Waals surface area (Å²) in [6, 6.07) is 3.59. The highest BCUT2D eigenvalue weighted by Gasteiger charge is 2.09. The van der Waals surface area contributed by atoms with E-state index in [0.717, 1.165) is 31.3 Å². The Morgan fingerprint density at radius 2 is 2.10 bits per heavy atom. The molecule has 21 heavy (non-hydrogen) atoms. The largest absolute Gasteiger partial charge is 0.485 e. The van der Waals surface area contributed by atoms with Crippen molar-refractivity contribution in [1.29, 1.82) is 0 Å². The van der Waals surface area contributed by atoms with Gasteiger partial charge in [-0.1, -0.05) is 0 Å². The summed E-state index contributed by atoms with van der Waals surface area (Å²) in [5, 5.41) is 11.6. The van der Waals surface area contributed by atoms with Crippen LogP contribution in [0.4, 0.5) is 0 Å². The zero-order chi connectivity index (χ0) is 15.4. The van der Waals surface area contributed by atoms with Crippen molar-refractivity contribution >= 4 is 55.2 Å². The Bertz CT molecular complexity index is 674. The van der Waals surface area contributed by atoms with Crippen molar-refractivity contribution < 1.29 is 14.6 Å². The number of halogens is 2. The molecule has 0 unspecified atom stereocenters. The first-order chi connectivity index (χ1) is 9.95. The molecule has 2 rings (SSSR count). The van der Waals surface area contributed by atoms with Crippen LogP contribution in [0.25, 0.3) is 6.08 Å². The van der Waals surface area contributed by atoms with Crippen molar-refractivity contribution in [2.24, 2.45) is 0 Å². The fraction of sp³-hybridized carbons (Fsp3) is 0.143. The van der Waals surface area contributed by atoms with Gasteiger partial charge in [0.2, 0.25) is 0 Å². The van der Waals surface area contributed by atoms with Gasteiger partial charge in [0.15, 0.2) is 0 Å². The van der Waals surface area contributed by atoms with E-state index in [-0.39, 0.29) is 0 Å². The van der Waals surface area contributed by atoms with E-state index < -0.39 is 5.97 Å². The molecule has 1 heterocycles. The highest BCUT2D eigenvalue weighted by Crippen LogP contribution is 2.35. The number of aliphatic carboxylic acids is 1. The van der Waals surface area contributed by atoms with E-state index in [0.29, 0.717) is 12.4 Å². The molecule has 1 aromatic heterocycles. The molecular formula is C14H11Br2NO3S. The lowest BCUT2D eigenvalue weighted by molar-refractivity contribution is -0.131. The number of rotatable bonds is 5. The fourth-order valence-electron chi connectivity index (χ4n) is 1.60. The van der Waals surface area contributed by atoms with Crippen LogP contribution in [-0.2, 0) is 11.4 Å². The van der Waals surface area contributed by atoms with Gasteiger partial charge < -0.3 is 9.84 Å². The van der Waals surface area contributed by atoms with E-state index in [1.807, 2.05) is 12.3 Å². The first-order valence-electron chi connectivity index (χ1n) is 5.89. The standard InChI is InChI=1S/C14H11Br2NO3S/c1-8-17-10(7-21-8)6-20-14-11(15)4-9(5-12(14)16)2-3-13(18)19/h2-5,7H,6H2,1H3,(H,18,19)/b3-2+. The fourth-order valence-corrected chi connectivity index (χ4v) is 3.65. The minimum atomic E-state index is -0.985. The molecule has 0 fully saturated rings. The highest BCUT2D eigenvalue weighted by atomic mass is 79.9. The van der Waals surface area contributed by atoms with Crippen LogP contribution >= 0.6 is 43.2 Å². The number of benzene rings is 1. The quantitative estimate of drug-likeness (QED) is 0.698. The van der Waals surface area contributed by atoms with Crippen LogP contribution in [0.1, 0.15) is 16.3 Å². The number of hydrogen-bond acceptors (Lipinski definition) is 4. The van der Waals surface area contributed by atoms with Crippen molar-refractivity contribution in [3.63, 3.8) is 0 Å². The van der Waals surface area contributed by atoms with Crippen LogP contribution in [0.5, 0.6) is 5.75 Å². The lowest BCUT2D eigenvalue weighted by Crippen LogP contribution is -1.97. The van der Waals surface area contributed by atoms with E-state index in [1.54, 1.807) is 23.5 Å². The molecule has 0 amide bonds. The van der Waals surface area contributed by atoms with Crippen molar-refractivity contribution in [2.75, 3.05) is 0 Å². The lowest BCUT2D eigenvalue weighted by Gasteiger charge is -2.10. The van der Waals surface area contributed by atoms with E-state index in [9.17, 15) is 4.79 Å². The average Bonchev–Trinajstić information content (AvgIpc) is 2.81. The third-order valence-electron chi connectivity index (χ3n) is 2.47. The van der Waals surface area contributed by atoms with Crippen LogP contribution < -0.4 is 4.74 Å². The summed E-state index contributed by atoms with van der Waals surface area (Å²) in [5.41, 5.74) is 1.64. The molecule has 0 aliphatic rings. The van der Waals surface area contributed by atoms with E-state index in [2.05, 4.69) is 36.8 Å². The molecular weight excluding hydrogens is 422 g/mol. The smallest absolute Gasteiger partial charge is 0.328 e. The molecule has 0 saturated heterocycles. The number of carbonyl (C=O) groups is 1. The predicted octanol–water partition coefficient (Wildman–Crippen LogP) is 4.65. The Hall–Kier alpha value is -1.18. The summed E-state index contributed by atoms with van der Waals surface area (Å²) in [6.45, 7) is 2.33. The van der Waals surface area contributed by atoms with Gasteiger partial charge in [-0.3, -0.25) is 0 Å². The van der Waals surface area contributed by atoms with Crippen LogP contribution in [0.3, 0.4) is 0 Å². The third kappa shape index (κ3) is 4.66. The first-order valence-corrected chi connectivity index (χ1v) is 8.36. The van der Waals surface area contributed by atoms with Crippen LogP contribution in [0.2, 0.25) is 0 Å². The summed E-state index contributed by atoms with van der Waals surface area (Å²) in [5.74, 6) is -0.324. The number of nitrogens with zero attached hydrogens (tertiary/aromatic N) is 1. The van der Waals surface area contributed by atoms with Gasteiger partial charge >= 0.3 is 5.97 Å². The molecule has 0 aliphatic carbocycles. The maximum atomic E-state index is 10.5. The number of ether oxygens (including phenoxy) is 1. The summed E-state index contributed by atoms with van der Waals surface area (Å²) in [4.78, 5) is 14.9. The van der Waals surface area contributed by atoms with Gasteiger partial charge in [-0.15, -0.1) is 11.3 Å². The Balaban J connectivity index is 2.15. The Morgan fingerprint density at radius 3 is 2.62 bits per heavy atom. The topological polar surface area (TPSA) is 59.4 Å². The monoisotopic (exact) mass is 431 g/mol. The number of aryl methyl sites for hydroxylation is 1. The van der Waals surface area contributed by atoms with Gasteiger partial charge in [0.05, 0.1) is 19.6 Å². The van der Waals surface area contributed by atoms with Gasteiger partial charge in [-0.05, 0) is 62.6 Å². The summed E-state index contributed by atoms with van der Waals surface area (Å²) in [6.07, 6.45) is 2.61. The molecule has 1 N–H and O–H groups in total. The van der Waals surface area contributed by atoms with Crippen LogP contribution in [0.15, 0.2) is 32.5 Å². The van der Waals surface area contributed by atoms with Gasteiger partial charge in [-0.25, -0.2) is 9.78 Å². The molecule has 0 radical (unpaired) electrons. The second kappa shape index (κ2) is 7.20. The number of hydrogen-bond donors (Lipinski definition) is 1. The Kier molecular flexibility index (Phi) is 5.55. The molecule has 4 nitrogen and oxygen atoms in total. The van der Waals surface area contributed by atoms with E-state index in [1.165, 1.54) is 6.08 Å². The first kappa shape index (κ1) is 16.2. The van der Waals surface area contributed by atoms with Crippen LogP contribution in [0, 0.1) is 6.92 Å². The molecule has 2 aromatic rings. The number of carboxylic acids is 1. The second-order valence-electron chi connectivity index (χ2n) is 4.13. The minimum absolute atomic E-state index is 0.381. The van der Waals surface area contributed by atoms with Crippen molar-refractivity contribution in [2.45, 2.75) is 13.5 Å². The molecule has 0 atom stereocenters. The third-order valence-corrected chi connectivity index (χ3v) is 4.47. The Morgan fingerprint density at radius 1 is 1.43 bits per heavy atom. The molecule has 1 aromatic carbocycles. The van der Waals surface area contributed by atoms with Crippen LogP contribution in [-0.4, -0.2) is 16.1 Å². The van der Waals surface area contributed by atoms with Crippen molar-refractivity contribution in [3.05, 3.63) is 48.8 Å². The zero-order valence-electron chi connectivity index (χ0n) is 11.0. The van der Waals surface area contributed by atoms with E-state index >= 15 is 0 Å². The molecule has 0 aliphatic heterocycles. The molecule has 0 saturated carbocycles.